The minimum absolute atomic E-state index is 0.00597. The minimum Gasteiger partial charge on any atom is -0.508 e. The molecular weight excluding hydrogens is 552 g/mol. The molecule has 2 aromatic rings. The van der Waals surface area contributed by atoms with Gasteiger partial charge in [-0.3, -0.25) is 24.2 Å². The van der Waals surface area contributed by atoms with Crippen molar-refractivity contribution in [1.29, 1.82) is 0 Å². The highest BCUT2D eigenvalue weighted by Crippen LogP contribution is 2.12. The van der Waals surface area contributed by atoms with Gasteiger partial charge in [0.25, 0.3) is 0 Å². The lowest BCUT2D eigenvalue weighted by atomic mass is 10.0. The Hall–Kier alpha value is -5.19. The van der Waals surface area contributed by atoms with Gasteiger partial charge in [0.05, 0.1) is 18.8 Å². The number of guanidine groups is 1. The van der Waals surface area contributed by atoms with Crippen molar-refractivity contribution in [3.63, 3.8) is 0 Å². The molecule has 0 radical (unpaired) electrons. The van der Waals surface area contributed by atoms with Gasteiger partial charge >= 0.3 is 5.97 Å². The number of nitrogens with two attached hydrogens (primary N) is 4. The molecule has 0 aliphatic carbocycles. The number of imidazole rings is 1. The van der Waals surface area contributed by atoms with Crippen molar-refractivity contribution in [1.82, 2.24) is 25.9 Å². The molecule has 0 aliphatic rings. The molecular formula is C25H36N10O7. The number of hydrogen-bond acceptors (Lipinski definition) is 9. The Morgan fingerprint density at radius 3 is 2.05 bits per heavy atom. The van der Waals surface area contributed by atoms with Gasteiger partial charge in [0, 0.05) is 31.3 Å². The summed E-state index contributed by atoms with van der Waals surface area (Å²) in [7, 11) is 0. The van der Waals surface area contributed by atoms with Crippen LogP contribution in [0.1, 0.15) is 30.5 Å². The molecule has 1 heterocycles. The summed E-state index contributed by atoms with van der Waals surface area (Å²) in [5.41, 5.74) is 22.4. The number of H-pyrrole nitrogens is 1. The number of hydrogen-bond donors (Lipinski definition) is 10. The van der Waals surface area contributed by atoms with Crippen LogP contribution in [0.3, 0.4) is 0 Å². The molecule has 0 saturated heterocycles. The summed E-state index contributed by atoms with van der Waals surface area (Å²) in [5.74, 6) is -4.76. The topological polar surface area (TPSA) is 307 Å². The average molecular weight is 589 g/mol. The Morgan fingerprint density at radius 1 is 0.905 bits per heavy atom. The first-order valence-corrected chi connectivity index (χ1v) is 12.8. The van der Waals surface area contributed by atoms with E-state index in [1.807, 2.05) is 0 Å². The highest BCUT2D eigenvalue weighted by atomic mass is 16.4. The highest BCUT2D eigenvalue weighted by Gasteiger charge is 2.31. The minimum atomic E-state index is -1.33. The average Bonchev–Trinajstić information content (AvgIpc) is 3.43. The molecule has 0 spiro atoms. The second-order valence-electron chi connectivity index (χ2n) is 9.40. The van der Waals surface area contributed by atoms with Gasteiger partial charge in [0.1, 0.15) is 23.9 Å². The van der Waals surface area contributed by atoms with Crippen LogP contribution in [0.5, 0.6) is 5.75 Å². The maximum absolute atomic E-state index is 13.4. The number of aliphatic imine (C=N–C) groups is 1. The number of carboxylic acid groups (broad SMARTS) is 1. The van der Waals surface area contributed by atoms with Crippen molar-refractivity contribution in [3.05, 3.63) is 48.0 Å². The lowest BCUT2D eigenvalue weighted by Gasteiger charge is -2.25. The number of aromatic amines is 1. The molecule has 42 heavy (non-hydrogen) atoms. The number of aromatic hydroxyl groups is 1. The molecule has 17 nitrogen and oxygen atoms in total. The Bertz CT molecular complexity index is 1250. The third kappa shape index (κ3) is 11.5. The predicted molar refractivity (Wildman–Crippen MR) is 149 cm³/mol. The molecule has 4 atom stereocenters. The number of carboxylic acids is 1. The van der Waals surface area contributed by atoms with Crippen LogP contribution >= 0.6 is 0 Å². The number of carbonyl (C=O) groups is 5. The van der Waals surface area contributed by atoms with Crippen molar-refractivity contribution in [2.75, 3.05) is 6.54 Å². The number of rotatable bonds is 17. The number of nitrogens with zero attached hydrogens (tertiary/aromatic N) is 2. The maximum Gasteiger partial charge on any atom is 0.326 e. The normalized spacial score (nSPS) is 13.5. The Kier molecular flexibility index (Phi) is 12.7. The van der Waals surface area contributed by atoms with Crippen LogP contribution < -0.4 is 38.9 Å². The number of phenols is 1. The Labute approximate surface area is 240 Å². The van der Waals surface area contributed by atoms with Gasteiger partial charge in [-0.05, 0) is 30.5 Å². The van der Waals surface area contributed by atoms with Crippen molar-refractivity contribution >= 4 is 35.6 Å². The van der Waals surface area contributed by atoms with E-state index >= 15 is 0 Å². The number of benzene rings is 1. The number of nitrogens with one attached hydrogen (secondary N) is 4. The molecule has 1 aromatic carbocycles. The van der Waals surface area contributed by atoms with Crippen molar-refractivity contribution in [2.45, 2.75) is 56.3 Å². The molecule has 14 N–H and O–H groups in total. The van der Waals surface area contributed by atoms with Crippen molar-refractivity contribution < 1.29 is 34.2 Å². The summed E-state index contributed by atoms with van der Waals surface area (Å²) >= 11 is 0. The van der Waals surface area contributed by atoms with Crippen LogP contribution in [0.4, 0.5) is 0 Å². The second kappa shape index (κ2) is 16.2. The number of aliphatic carboxylic acids is 1. The van der Waals surface area contributed by atoms with Crippen molar-refractivity contribution in [2.24, 2.45) is 27.9 Å². The van der Waals surface area contributed by atoms with Gasteiger partial charge in [-0.2, -0.15) is 0 Å². The van der Waals surface area contributed by atoms with E-state index in [1.165, 1.54) is 36.8 Å². The Morgan fingerprint density at radius 2 is 1.50 bits per heavy atom. The lowest BCUT2D eigenvalue weighted by Crippen LogP contribution is -2.58. The molecule has 4 unspecified atom stereocenters. The zero-order valence-electron chi connectivity index (χ0n) is 22.7. The van der Waals surface area contributed by atoms with Gasteiger partial charge in [-0.25, -0.2) is 9.78 Å². The van der Waals surface area contributed by atoms with Gasteiger partial charge in [0.2, 0.25) is 23.6 Å². The second-order valence-corrected chi connectivity index (χ2v) is 9.40. The largest absolute Gasteiger partial charge is 0.508 e. The number of primary amides is 1. The fourth-order valence-electron chi connectivity index (χ4n) is 3.80. The van der Waals surface area contributed by atoms with Crippen LogP contribution in [0.2, 0.25) is 0 Å². The first kappa shape index (κ1) is 33.0. The molecule has 0 aliphatic heterocycles. The molecule has 1 aromatic heterocycles. The zero-order chi connectivity index (χ0) is 31.2. The van der Waals surface area contributed by atoms with E-state index in [9.17, 15) is 34.2 Å². The van der Waals surface area contributed by atoms with E-state index in [0.29, 0.717) is 11.3 Å². The van der Waals surface area contributed by atoms with E-state index in [0.717, 1.165) is 0 Å². The smallest absolute Gasteiger partial charge is 0.326 e. The summed E-state index contributed by atoms with van der Waals surface area (Å²) in [4.78, 5) is 72.9. The third-order valence-electron chi connectivity index (χ3n) is 5.94. The number of carbonyl (C=O) groups excluding carboxylic acids is 4. The van der Waals surface area contributed by atoms with Gasteiger partial charge in [0.15, 0.2) is 5.96 Å². The van der Waals surface area contributed by atoms with E-state index < -0.39 is 60.2 Å². The monoisotopic (exact) mass is 588 g/mol. The molecule has 0 bridgehead atoms. The summed E-state index contributed by atoms with van der Waals surface area (Å²) in [6.45, 7) is 0.141. The van der Waals surface area contributed by atoms with Gasteiger partial charge in [-0.15, -0.1) is 0 Å². The molecule has 4 amide bonds. The lowest BCUT2D eigenvalue weighted by molar-refractivity contribution is -0.142. The Balaban J connectivity index is 2.27. The predicted octanol–water partition coefficient (Wildman–Crippen LogP) is -3.30. The summed E-state index contributed by atoms with van der Waals surface area (Å²) in [6.07, 6.45) is 2.39. The van der Waals surface area contributed by atoms with E-state index in [2.05, 4.69) is 30.9 Å². The number of phenolic OH excluding ortho intramolecular Hbond substituents is 1. The number of aromatic nitrogens is 2. The fraction of sp³-hybridized carbons (Fsp3) is 0.400. The molecule has 17 heteroatoms. The van der Waals surface area contributed by atoms with E-state index in [-0.39, 0.29) is 43.9 Å². The zero-order valence-corrected chi connectivity index (χ0v) is 22.7. The van der Waals surface area contributed by atoms with Gasteiger partial charge < -0.3 is 54.1 Å². The SMILES string of the molecule is NC(=O)CC(N)C(=O)NC(Cc1cnc[nH]1)C(=O)NC(Cc1ccc(O)cc1)C(=O)NC(CCCN=C(N)N)C(=O)O. The molecule has 2 rings (SSSR count). The first-order chi connectivity index (χ1) is 19.8. The van der Waals surface area contributed by atoms with E-state index in [4.69, 9.17) is 22.9 Å². The standard InChI is InChI=1S/C25H36N10O7/c26-16(10-20(27)37)21(38)34-19(9-14-11-30-12-32-14)23(40)35-18(8-13-3-5-15(36)6-4-13)22(39)33-17(24(41)42)2-1-7-31-25(28)29/h3-6,11-12,16-19,36H,1-2,7-10,26H2,(H2,27,37)(H,30,32)(H,33,39)(H,34,38)(H,35,40)(H,41,42)(H4,28,29,31). The molecule has 228 valence electrons. The molecule has 0 fully saturated rings. The van der Waals surface area contributed by atoms with Crippen LogP contribution in [0.15, 0.2) is 41.8 Å². The van der Waals surface area contributed by atoms with Crippen LogP contribution in [0, 0.1) is 0 Å². The van der Waals surface area contributed by atoms with Crippen molar-refractivity contribution in [3.8, 4) is 5.75 Å². The van der Waals surface area contributed by atoms with Crippen LogP contribution in [-0.4, -0.2) is 86.5 Å². The first-order valence-electron chi connectivity index (χ1n) is 12.8. The quantitative estimate of drug-likeness (QED) is 0.0495. The summed E-state index contributed by atoms with van der Waals surface area (Å²) < 4.78 is 0. The number of amides is 4. The van der Waals surface area contributed by atoms with Gasteiger partial charge in [-0.1, -0.05) is 12.1 Å². The van der Waals surface area contributed by atoms with Crippen LogP contribution in [0.25, 0.3) is 0 Å². The maximum atomic E-state index is 13.4. The molecule has 0 saturated carbocycles. The van der Waals surface area contributed by atoms with E-state index in [1.54, 1.807) is 0 Å². The summed E-state index contributed by atoms with van der Waals surface area (Å²) in [5, 5.41) is 26.7. The third-order valence-corrected chi connectivity index (χ3v) is 5.94. The van der Waals surface area contributed by atoms with Crippen LogP contribution in [-0.2, 0) is 36.8 Å². The highest BCUT2D eigenvalue weighted by molar-refractivity contribution is 5.95. The summed E-state index contributed by atoms with van der Waals surface area (Å²) in [6, 6.07) is 0.596. The fourth-order valence-corrected chi connectivity index (χ4v) is 3.80.